The fraction of sp³-hybridized carbons (Fsp3) is 0.0500. The number of aliphatic imine (C=N–C) groups is 1. The number of benzene rings is 3. The van der Waals surface area contributed by atoms with Crippen molar-refractivity contribution in [2.24, 2.45) is 15.2 Å². The molecule has 25 heavy (non-hydrogen) atoms. The monoisotopic (exact) mass is 331 g/mol. The van der Waals surface area contributed by atoms with Crippen LogP contribution in [0, 0.1) is 0 Å². The first-order valence-corrected chi connectivity index (χ1v) is 7.72. The van der Waals surface area contributed by atoms with Gasteiger partial charge < -0.3 is 9.84 Å². The van der Waals surface area contributed by atoms with Crippen molar-refractivity contribution >= 4 is 23.3 Å². The number of nitrogens with zero attached hydrogens (tertiary/aromatic N) is 3. The molecule has 0 unspecified atom stereocenters. The minimum Gasteiger partial charge on any atom is -0.504 e. The van der Waals surface area contributed by atoms with Crippen LogP contribution in [0.3, 0.4) is 0 Å². The first kappa shape index (κ1) is 16.4. The number of hydrogen-bond donors (Lipinski definition) is 1. The lowest BCUT2D eigenvalue weighted by Gasteiger charge is -2.03. The molecule has 3 rings (SSSR count). The number of methoxy groups -OCH3 is 1. The van der Waals surface area contributed by atoms with Crippen molar-refractivity contribution in [3.05, 3.63) is 78.4 Å². The highest BCUT2D eigenvalue weighted by atomic mass is 16.5. The van der Waals surface area contributed by atoms with E-state index in [9.17, 15) is 5.11 Å². The average Bonchev–Trinajstić information content (AvgIpc) is 2.67. The van der Waals surface area contributed by atoms with Crippen molar-refractivity contribution in [1.29, 1.82) is 0 Å². The lowest BCUT2D eigenvalue weighted by Crippen LogP contribution is -1.86. The van der Waals surface area contributed by atoms with Crippen molar-refractivity contribution in [1.82, 2.24) is 0 Å². The fourth-order valence-corrected chi connectivity index (χ4v) is 2.14. The Kier molecular flexibility index (Phi) is 5.16. The maximum atomic E-state index is 9.59. The zero-order chi connectivity index (χ0) is 17.5. The molecule has 0 aromatic heterocycles. The van der Waals surface area contributed by atoms with Gasteiger partial charge in [0, 0.05) is 6.21 Å². The highest BCUT2D eigenvalue weighted by molar-refractivity contribution is 5.83. The molecule has 0 spiro atoms. The molecule has 0 saturated carbocycles. The van der Waals surface area contributed by atoms with Crippen LogP contribution in [0.5, 0.6) is 11.5 Å². The van der Waals surface area contributed by atoms with E-state index >= 15 is 0 Å². The van der Waals surface area contributed by atoms with Crippen molar-refractivity contribution in [2.45, 2.75) is 0 Å². The first-order valence-electron chi connectivity index (χ1n) is 7.72. The molecule has 0 saturated heterocycles. The smallest absolute Gasteiger partial charge is 0.161 e. The summed E-state index contributed by atoms with van der Waals surface area (Å²) in [6.07, 6.45) is 1.71. The van der Waals surface area contributed by atoms with E-state index in [0.29, 0.717) is 5.75 Å². The highest BCUT2D eigenvalue weighted by Gasteiger charge is 2.00. The van der Waals surface area contributed by atoms with Crippen LogP contribution in [0.25, 0.3) is 0 Å². The second-order valence-electron chi connectivity index (χ2n) is 5.24. The van der Waals surface area contributed by atoms with E-state index < -0.39 is 0 Å². The summed E-state index contributed by atoms with van der Waals surface area (Å²) < 4.78 is 5.08. The summed E-state index contributed by atoms with van der Waals surface area (Å²) in [5, 5.41) is 18.0. The van der Waals surface area contributed by atoms with Crippen molar-refractivity contribution in [3.63, 3.8) is 0 Å². The largest absolute Gasteiger partial charge is 0.504 e. The topological polar surface area (TPSA) is 66.5 Å². The van der Waals surface area contributed by atoms with Crippen LogP contribution < -0.4 is 4.74 Å². The Bertz CT molecular complexity index is 889. The maximum Gasteiger partial charge on any atom is 0.161 e. The number of hydrogen-bond acceptors (Lipinski definition) is 5. The van der Waals surface area contributed by atoms with Gasteiger partial charge in [0.05, 0.1) is 24.2 Å². The molecule has 0 fully saturated rings. The Labute approximate surface area is 146 Å². The second kappa shape index (κ2) is 7.88. The highest BCUT2D eigenvalue weighted by Crippen LogP contribution is 2.26. The molecule has 0 amide bonds. The van der Waals surface area contributed by atoms with Crippen LogP contribution in [0.1, 0.15) is 5.56 Å². The van der Waals surface area contributed by atoms with Gasteiger partial charge in [-0.1, -0.05) is 18.2 Å². The third-order valence-electron chi connectivity index (χ3n) is 3.45. The van der Waals surface area contributed by atoms with Crippen LogP contribution in [-0.2, 0) is 0 Å². The van der Waals surface area contributed by atoms with Crippen LogP contribution in [0.4, 0.5) is 17.1 Å². The first-order chi connectivity index (χ1) is 12.2. The van der Waals surface area contributed by atoms with Crippen molar-refractivity contribution in [2.75, 3.05) is 7.11 Å². The van der Waals surface area contributed by atoms with Gasteiger partial charge in [0.1, 0.15) is 0 Å². The summed E-state index contributed by atoms with van der Waals surface area (Å²) in [5.74, 6) is 0.522. The molecule has 0 radical (unpaired) electrons. The molecular weight excluding hydrogens is 314 g/mol. The molecule has 5 nitrogen and oxygen atoms in total. The summed E-state index contributed by atoms with van der Waals surface area (Å²) in [5.41, 5.74) is 3.20. The lowest BCUT2D eigenvalue weighted by atomic mass is 10.2. The standard InChI is InChI=1S/C20H17N3O2/c1-25-20-13-15(7-12-19(20)24)14-21-16-8-10-18(11-9-16)23-22-17-5-3-2-4-6-17/h2-14,24H,1H3. The number of phenols is 1. The van der Waals surface area contributed by atoms with E-state index in [-0.39, 0.29) is 5.75 Å². The molecule has 0 atom stereocenters. The summed E-state index contributed by atoms with van der Waals surface area (Å²) in [6, 6.07) is 22.1. The number of rotatable bonds is 5. The SMILES string of the molecule is COc1cc(C=Nc2ccc(N=Nc3ccccc3)cc2)ccc1O. The van der Waals surface area contributed by atoms with Crippen LogP contribution >= 0.6 is 0 Å². The minimum atomic E-state index is 0.104. The third-order valence-corrected chi connectivity index (χ3v) is 3.45. The molecule has 3 aromatic rings. The molecule has 3 aromatic carbocycles. The zero-order valence-corrected chi connectivity index (χ0v) is 13.7. The normalized spacial score (nSPS) is 11.2. The van der Waals surface area contributed by atoms with Gasteiger partial charge in [0.15, 0.2) is 11.5 Å². The Balaban J connectivity index is 1.69. The predicted molar refractivity (Wildman–Crippen MR) is 99.0 cm³/mol. The van der Waals surface area contributed by atoms with Crippen LogP contribution in [-0.4, -0.2) is 18.4 Å². The Morgan fingerprint density at radius 1 is 0.800 bits per heavy atom. The summed E-state index contributed by atoms with van der Waals surface area (Å²) in [7, 11) is 1.51. The van der Waals surface area contributed by atoms with Crippen LogP contribution in [0.2, 0.25) is 0 Å². The quantitative estimate of drug-likeness (QED) is 0.491. The second-order valence-corrected chi connectivity index (χ2v) is 5.24. The van der Waals surface area contributed by atoms with Crippen LogP contribution in [0.15, 0.2) is 88.0 Å². The average molecular weight is 331 g/mol. The van der Waals surface area contributed by atoms with Crippen molar-refractivity contribution in [3.8, 4) is 11.5 Å². The third kappa shape index (κ3) is 4.51. The van der Waals surface area contributed by atoms with Gasteiger partial charge in [0.2, 0.25) is 0 Å². The van der Waals surface area contributed by atoms with E-state index in [4.69, 9.17) is 4.74 Å². The van der Waals surface area contributed by atoms with Gasteiger partial charge in [-0.05, 0) is 60.2 Å². The molecule has 0 aliphatic rings. The van der Waals surface area contributed by atoms with E-state index in [1.807, 2.05) is 54.6 Å². The number of phenolic OH excluding ortho intramolecular Hbond substituents is 1. The molecule has 0 aliphatic heterocycles. The summed E-state index contributed by atoms with van der Waals surface area (Å²) in [4.78, 5) is 4.41. The van der Waals surface area contributed by atoms with Gasteiger partial charge in [-0.15, -0.1) is 0 Å². The Morgan fingerprint density at radius 2 is 1.44 bits per heavy atom. The van der Waals surface area contributed by atoms with Crippen molar-refractivity contribution < 1.29 is 9.84 Å². The minimum absolute atomic E-state index is 0.104. The number of ether oxygens (including phenoxy) is 1. The zero-order valence-electron chi connectivity index (χ0n) is 13.7. The number of azo groups is 1. The fourth-order valence-electron chi connectivity index (χ4n) is 2.14. The van der Waals surface area contributed by atoms with Gasteiger partial charge in [0.25, 0.3) is 0 Å². The molecule has 0 bridgehead atoms. The molecule has 124 valence electrons. The predicted octanol–water partition coefficient (Wildman–Crippen LogP) is 5.57. The maximum absolute atomic E-state index is 9.59. The summed E-state index contributed by atoms with van der Waals surface area (Å²) >= 11 is 0. The van der Waals surface area contributed by atoms with Gasteiger partial charge in [-0.25, -0.2) is 0 Å². The van der Waals surface area contributed by atoms with E-state index in [1.54, 1.807) is 24.4 Å². The lowest BCUT2D eigenvalue weighted by molar-refractivity contribution is 0.373. The molecular formula is C20H17N3O2. The van der Waals surface area contributed by atoms with E-state index in [2.05, 4.69) is 15.2 Å². The van der Waals surface area contributed by atoms with Gasteiger partial charge >= 0.3 is 0 Å². The molecule has 0 heterocycles. The van der Waals surface area contributed by atoms with E-state index in [0.717, 1.165) is 22.6 Å². The van der Waals surface area contributed by atoms with Gasteiger partial charge in [-0.3, -0.25) is 4.99 Å². The van der Waals surface area contributed by atoms with E-state index in [1.165, 1.54) is 7.11 Å². The number of aromatic hydroxyl groups is 1. The Hall–Kier alpha value is -3.47. The molecule has 0 aliphatic carbocycles. The molecule has 5 heteroatoms. The summed E-state index contributed by atoms with van der Waals surface area (Å²) in [6.45, 7) is 0. The van der Waals surface area contributed by atoms with Gasteiger partial charge in [-0.2, -0.15) is 10.2 Å². The Morgan fingerprint density at radius 3 is 2.12 bits per heavy atom. The molecule has 1 N–H and O–H groups in total.